The van der Waals surface area contributed by atoms with Gasteiger partial charge in [-0.15, -0.1) is 5.10 Å². The lowest BCUT2D eigenvalue weighted by molar-refractivity contribution is -0.134. The predicted molar refractivity (Wildman–Crippen MR) is 123 cm³/mol. The summed E-state index contributed by atoms with van der Waals surface area (Å²) in [5.41, 5.74) is 1.16. The highest BCUT2D eigenvalue weighted by atomic mass is 35.5. The predicted octanol–water partition coefficient (Wildman–Crippen LogP) is 4.68. The Morgan fingerprint density at radius 2 is 1.94 bits per heavy atom. The quantitative estimate of drug-likeness (QED) is 0.649. The van der Waals surface area contributed by atoms with Gasteiger partial charge in [0.15, 0.2) is 12.4 Å². The number of nitrogens with zero attached hydrogens (tertiary/aromatic N) is 4. The molecule has 0 N–H and O–H groups in total. The van der Waals surface area contributed by atoms with Crippen molar-refractivity contribution in [3.8, 4) is 5.75 Å². The van der Waals surface area contributed by atoms with E-state index in [1.807, 2.05) is 42.3 Å². The molecule has 1 saturated carbocycles. The maximum atomic E-state index is 12.8. The van der Waals surface area contributed by atoms with Crippen LogP contribution >= 0.6 is 11.6 Å². The van der Waals surface area contributed by atoms with Crippen molar-refractivity contribution in [3.05, 3.63) is 47.1 Å². The topological polar surface area (TPSA) is 58.6 Å². The minimum atomic E-state index is 0.0464. The first-order valence-corrected chi connectivity index (χ1v) is 11.7. The van der Waals surface area contributed by atoms with Gasteiger partial charge in [0.05, 0.1) is 0 Å². The van der Waals surface area contributed by atoms with Crippen molar-refractivity contribution in [1.82, 2.24) is 15.1 Å². The molecule has 0 unspecified atom stereocenters. The molecule has 2 heterocycles. The molecule has 0 spiro atoms. The molecule has 2 aliphatic rings. The van der Waals surface area contributed by atoms with Gasteiger partial charge in [0, 0.05) is 37.4 Å². The molecule has 2 fully saturated rings. The van der Waals surface area contributed by atoms with Gasteiger partial charge in [-0.3, -0.25) is 4.79 Å². The van der Waals surface area contributed by atoms with Gasteiger partial charge < -0.3 is 14.5 Å². The summed E-state index contributed by atoms with van der Waals surface area (Å²) in [6, 6.07) is 10.0. The van der Waals surface area contributed by atoms with Crippen molar-refractivity contribution in [2.75, 3.05) is 31.6 Å². The number of carbonyl (C=O) groups excluding carboxylic acids is 1. The molecule has 1 aromatic carbocycles. The molecule has 1 saturated heterocycles. The van der Waals surface area contributed by atoms with E-state index in [0.717, 1.165) is 60.9 Å². The van der Waals surface area contributed by atoms with Gasteiger partial charge in [-0.1, -0.05) is 30.9 Å². The molecule has 31 heavy (non-hydrogen) atoms. The molecule has 1 aliphatic heterocycles. The standard InChI is InChI=1S/C24H31ClN4O2/c1-28(23-8-5-13-26-27-23)20-11-14-29(15-12-20)24(30)17-31-22-10-9-19(25)16-21(22)18-6-3-2-4-7-18/h5,8-10,13,16,18,20H,2-4,6-7,11-12,14-15,17H2,1H3. The fourth-order valence-corrected chi connectivity index (χ4v) is 4.97. The minimum absolute atomic E-state index is 0.0464. The van der Waals surface area contributed by atoms with Gasteiger partial charge >= 0.3 is 0 Å². The molecule has 2 aromatic rings. The molecule has 0 radical (unpaired) electrons. The number of likely N-dealkylation sites (tertiary alicyclic amines) is 1. The van der Waals surface area contributed by atoms with E-state index in [1.165, 1.54) is 19.3 Å². The maximum Gasteiger partial charge on any atom is 0.260 e. The average molecular weight is 443 g/mol. The van der Waals surface area contributed by atoms with Crippen LogP contribution in [0, 0.1) is 0 Å². The first-order chi connectivity index (χ1) is 15.1. The Bertz CT molecular complexity index is 865. The highest BCUT2D eigenvalue weighted by molar-refractivity contribution is 6.30. The van der Waals surface area contributed by atoms with Crippen LogP contribution in [0.25, 0.3) is 0 Å². The Morgan fingerprint density at radius 1 is 1.16 bits per heavy atom. The van der Waals surface area contributed by atoms with E-state index < -0.39 is 0 Å². The largest absolute Gasteiger partial charge is 0.483 e. The van der Waals surface area contributed by atoms with Crippen LogP contribution in [0.5, 0.6) is 5.75 Å². The SMILES string of the molecule is CN(c1cccnn1)C1CCN(C(=O)COc2ccc(Cl)cc2C2CCCCC2)CC1. The summed E-state index contributed by atoms with van der Waals surface area (Å²) < 4.78 is 6.03. The van der Waals surface area contributed by atoms with Gasteiger partial charge in [0.2, 0.25) is 0 Å². The number of rotatable bonds is 6. The first-order valence-electron chi connectivity index (χ1n) is 11.3. The highest BCUT2D eigenvalue weighted by Gasteiger charge is 2.27. The van der Waals surface area contributed by atoms with Crippen LogP contribution < -0.4 is 9.64 Å². The number of benzene rings is 1. The summed E-state index contributed by atoms with van der Waals surface area (Å²) in [5.74, 6) is 2.20. The summed E-state index contributed by atoms with van der Waals surface area (Å²) in [6.07, 6.45) is 9.61. The van der Waals surface area contributed by atoms with E-state index in [0.29, 0.717) is 12.0 Å². The molecule has 1 aliphatic carbocycles. The normalized spacial score (nSPS) is 18.1. The van der Waals surface area contributed by atoms with Crippen molar-refractivity contribution >= 4 is 23.3 Å². The molecule has 1 amide bonds. The number of amides is 1. The second kappa shape index (κ2) is 10.3. The number of piperidine rings is 1. The van der Waals surface area contributed by atoms with Crippen LogP contribution in [0.2, 0.25) is 5.02 Å². The molecule has 4 rings (SSSR count). The van der Waals surface area contributed by atoms with Gasteiger partial charge in [-0.25, -0.2) is 0 Å². The fraction of sp³-hybridized carbons (Fsp3) is 0.542. The lowest BCUT2D eigenvalue weighted by Gasteiger charge is -2.37. The third kappa shape index (κ3) is 5.48. The molecule has 0 atom stereocenters. The van der Waals surface area contributed by atoms with Crippen LogP contribution in [0.1, 0.15) is 56.4 Å². The fourth-order valence-electron chi connectivity index (χ4n) is 4.79. The average Bonchev–Trinajstić information content (AvgIpc) is 2.84. The highest BCUT2D eigenvalue weighted by Crippen LogP contribution is 2.38. The molecule has 0 bridgehead atoms. The van der Waals surface area contributed by atoms with Gasteiger partial charge in [0.1, 0.15) is 5.75 Å². The van der Waals surface area contributed by atoms with E-state index in [-0.39, 0.29) is 12.5 Å². The Hall–Kier alpha value is -2.34. The number of aromatic nitrogens is 2. The smallest absolute Gasteiger partial charge is 0.260 e. The lowest BCUT2D eigenvalue weighted by Crippen LogP contribution is -2.47. The Balaban J connectivity index is 1.31. The van der Waals surface area contributed by atoms with E-state index in [1.54, 1.807) is 6.20 Å². The monoisotopic (exact) mass is 442 g/mol. The zero-order valence-corrected chi connectivity index (χ0v) is 18.9. The molecule has 7 heteroatoms. The summed E-state index contributed by atoms with van der Waals surface area (Å²) >= 11 is 6.26. The van der Waals surface area contributed by atoms with Gasteiger partial charge in [-0.05, 0) is 67.5 Å². The van der Waals surface area contributed by atoms with Crippen LogP contribution in [-0.4, -0.2) is 53.8 Å². The summed E-state index contributed by atoms with van der Waals surface area (Å²) in [7, 11) is 2.04. The number of halogens is 1. The van der Waals surface area contributed by atoms with Gasteiger partial charge in [0.25, 0.3) is 5.91 Å². The Labute approximate surface area is 189 Å². The number of hydrogen-bond acceptors (Lipinski definition) is 5. The second-order valence-corrected chi connectivity index (χ2v) is 9.05. The van der Waals surface area contributed by atoms with Crippen molar-refractivity contribution in [3.63, 3.8) is 0 Å². The number of ether oxygens (including phenoxy) is 1. The lowest BCUT2D eigenvalue weighted by atomic mass is 9.84. The van der Waals surface area contributed by atoms with Crippen LogP contribution in [0.15, 0.2) is 36.5 Å². The Kier molecular flexibility index (Phi) is 7.28. The summed E-state index contributed by atoms with van der Waals surface area (Å²) in [4.78, 5) is 16.9. The molecular weight excluding hydrogens is 412 g/mol. The number of hydrogen-bond donors (Lipinski definition) is 0. The van der Waals surface area contributed by atoms with Crippen LogP contribution in [0.4, 0.5) is 5.82 Å². The van der Waals surface area contributed by atoms with Crippen molar-refractivity contribution in [1.29, 1.82) is 0 Å². The summed E-state index contributed by atoms with van der Waals surface area (Å²) in [6.45, 7) is 1.53. The van der Waals surface area contributed by atoms with Crippen LogP contribution in [-0.2, 0) is 4.79 Å². The number of carbonyl (C=O) groups is 1. The minimum Gasteiger partial charge on any atom is -0.483 e. The van der Waals surface area contributed by atoms with Gasteiger partial charge in [-0.2, -0.15) is 5.10 Å². The van der Waals surface area contributed by atoms with Crippen molar-refractivity contribution in [2.45, 2.75) is 56.9 Å². The molecule has 166 valence electrons. The number of anilines is 1. The van der Waals surface area contributed by atoms with E-state index in [9.17, 15) is 4.79 Å². The summed E-state index contributed by atoms with van der Waals surface area (Å²) in [5, 5.41) is 8.88. The van der Waals surface area contributed by atoms with E-state index in [4.69, 9.17) is 16.3 Å². The zero-order valence-electron chi connectivity index (χ0n) is 18.2. The second-order valence-electron chi connectivity index (χ2n) is 8.61. The third-order valence-electron chi connectivity index (χ3n) is 6.65. The third-order valence-corrected chi connectivity index (χ3v) is 6.89. The maximum absolute atomic E-state index is 12.8. The van der Waals surface area contributed by atoms with Crippen molar-refractivity contribution < 1.29 is 9.53 Å². The molecule has 6 nitrogen and oxygen atoms in total. The van der Waals surface area contributed by atoms with E-state index >= 15 is 0 Å². The zero-order chi connectivity index (χ0) is 21.6. The molecule has 1 aromatic heterocycles. The Morgan fingerprint density at radius 3 is 2.65 bits per heavy atom. The molecular formula is C24H31ClN4O2. The van der Waals surface area contributed by atoms with Crippen LogP contribution in [0.3, 0.4) is 0 Å². The first kappa shape index (κ1) is 21.9. The van der Waals surface area contributed by atoms with Crippen molar-refractivity contribution in [2.24, 2.45) is 0 Å². The van der Waals surface area contributed by atoms with E-state index in [2.05, 4.69) is 15.1 Å².